The van der Waals surface area contributed by atoms with Gasteiger partial charge in [0.2, 0.25) is 0 Å². The Morgan fingerprint density at radius 2 is 1.43 bits per heavy atom. The van der Waals surface area contributed by atoms with Crippen LogP contribution in [-0.4, -0.2) is 21.0 Å². The van der Waals surface area contributed by atoms with Gasteiger partial charge in [-0.15, -0.1) is 12.1 Å². The summed E-state index contributed by atoms with van der Waals surface area (Å²) >= 11 is 0. The Morgan fingerprint density at radius 3 is 1.64 bits per heavy atom. The maximum Gasteiger partial charge on any atom is 1.00 e. The number of phosphoric acid groups is 1. The molecule has 0 unspecified atom stereocenters. The first-order valence-electron chi connectivity index (χ1n) is 3.15. The molecule has 0 saturated carbocycles. The van der Waals surface area contributed by atoms with Crippen molar-refractivity contribution in [3.63, 3.8) is 0 Å². The Balaban J connectivity index is 0. The molecular formula is C7H8LiO5P. The van der Waals surface area contributed by atoms with Gasteiger partial charge in [0.05, 0.1) is 6.29 Å². The summed E-state index contributed by atoms with van der Waals surface area (Å²) in [5, 5.41) is 0. The third kappa shape index (κ3) is 14.1. The summed E-state index contributed by atoms with van der Waals surface area (Å²) in [6.07, 6.45) is 1.78. The zero-order valence-corrected chi connectivity index (χ0v) is 8.39. The SMILES string of the molecule is O=P(O)(O)O.O=[C-]c1ccccc1.[Li+]. The van der Waals surface area contributed by atoms with Crippen molar-refractivity contribution in [2.24, 2.45) is 0 Å². The van der Waals surface area contributed by atoms with Crippen LogP contribution in [-0.2, 0) is 9.36 Å². The topological polar surface area (TPSA) is 94.8 Å². The molecule has 0 radical (unpaired) electrons. The van der Waals surface area contributed by atoms with E-state index in [1.807, 2.05) is 6.07 Å². The average Bonchev–Trinajstić information content (AvgIpc) is 2.03. The van der Waals surface area contributed by atoms with Gasteiger partial charge in [-0.25, -0.2) is 4.57 Å². The van der Waals surface area contributed by atoms with Crippen molar-refractivity contribution < 1.29 is 42.9 Å². The first kappa shape index (κ1) is 16.0. The minimum absolute atomic E-state index is 0. The van der Waals surface area contributed by atoms with Crippen LogP contribution >= 0.6 is 7.82 Å². The summed E-state index contributed by atoms with van der Waals surface area (Å²) < 4.78 is 8.88. The molecule has 0 amide bonds. The zero-order valence-electron chi connectivity index (χ0n) is 7.49. The molecule has 14 heavy (non-hydrogen) atoms. The first-order valence-corrected chi connectivity index (χ1v) is 4.71. The Bertz CT molecular complexity index is 288. The van der Waals surface area contributed by atoms with E-state index >= 15 is 0 Å². The van der Waals surface area contributed by atoms with E-state index in [9.17, 15) is 4.79 Å². The fourth-order valence-electron chi connectivity index (χ4n) is 0.506. The van der Waals surface area contributed by atoms with Gasteiger partial charge < -0.3 is 19.5 Å². The summed E-state index contributed by atoms with van der Waals surface area (Å²) in [4.78, 5) is 31.4. The number of rotatable bonds is 1. The van der Waals surface area contributed by atoms with Crippen molar-refractivity contribution in [2.45, 2.75) is 0 Å². The van der Waals surface area contributed by atoms with Crippen molar-refractivity contribution in [3.8, 4) is 0 Å². The van der Waals surface area contributed by atoms with Crippen LogP contribution in [0.15, 0.2) is 30.3 Å². The molecule has 1 rings (SSSR count). The molecule has 5 nitrogen and oxygen atoms in total. The van der Waals surface area contributed by atoms with Crippen LogP contribution < -0.4 is 18.9 Å². The molecule has 7 heteroatoms. The molecule has 0 atom stereocenters. The Hall–Kier alpha value is -0.403. The van der Waals surface area contributed by atoms with Crippen LogP contribution in [0.1, 0.15) is 5.56 Å². The molecule has 72 valence electrons. The van der Waals surface area contributed by atoms with Crippen molar-refractivity contribution >= 4 is 14.1 Å². The predicted octanol–water partition coefficient (Wildman–Crippen LogP) is -2.78. The van der Waals surface area contributed by atoms with Gasteiger partial charge in [0.25, 0.3) is 0 Å². The van der Waals surface area contributed by atoms with Gasteiger partial charge >= 0.3 is 26.7 Å². The fourth-order valence-corrected chi connectivity index (χ4v) is 0.506. The monoisotopic (exact) mass is 210 g/mol. The summed E-state index contributed by atoms with van der Waals surface area (Å²) in [6.45, 7) is 0. The number of benzene rings is 1. The molecule has 0 saturated heterocycles. The quantitative estimate of drug-likeness (QED) is 0.265. The second kappa shape index (κ2) is 7.95. The molecule has 0 bridgehead atoms. The average molecular weight is 210 g/mol. The molecule has 0 fully saturated rings. The minimum atomic E-state index is -4.64. The molecule has 1 aromatic carbocycles. The largest absolute Gasteiger partial charge is 1.00 e. The smallest absolute Gasteiger partial charge is 0.376 e. The molecule has 0 heterocycles. The Kier molecular flexibility index (Phi) is 9.11. The van der Waals surface area contributed by atoms with E-state index in [4.69, 9.17) is 19.2 Å². The molecule has 0 aliphatic rings. The van der Waals surface area contributed by atoms with E-state index in [0.717, 1.165) is 0 Å². The van der Waals surface area contributed by atoms with Crippen molar-refractivity contribution in [2.75, 3.05) is 0 Å². The van der Waals surface area contributed by atoms with E-state index < -0.39 is 7.82 Å². The Labute approximate surface area is 93.2 Å². The van der Waals surface area contributed by atoms with Crippen LogP contribution in [0.25, 0.3) is 0 Å². The third-order valence-corrected chi connectivity index (χ3v) is 0.892. The second-order valence-corrected chi connectivity index (χ2v) is 3.01. The number of hydrogen-bond donors (Lipinski definition) is 3. The van der Waals surface area contributed by atoms with E-state index in [-0.39, 0.29) is 18.9 Å². The maximum absolute atomic E-state index is 9.88. The maximum atomic E-state index is 9.88. The first-order chi connectivity index (χ1) is 5.93. The van der Waals surface area contributed by atoms with Gasteiger partial charge in [0.15, 0.2) is 0 Å². The van der Waals surface area contributed by atoms with Crippen LogP contribution in [0.4, 0.5) is 0 Å². The van der Waals surface area contributed by atoms with Gasteiger partial charge in [-0.05, 0) is 0 Å². The van der Waals surface area contributed by atoms with Crippen LogP contribution in [0.2, 0.25) is 0 Å². The molecule has 3 N–H and O–H groups in total. The zero-order chi connectivity index (χ0) is 10.3. The van der Waals surface area contributed by atoms with Gasteiger partial charge in [0, 0.05) is 0 Å². The summed E-state index contributed by atoms with van der Waals surface area (Å²) in [6, 6.07) is 8.90. The van der Waals surface area contributed by atoms with E-state index in [2.05, 4.69) is 0 Å². The second-order valence-electron chi connectivity index (χ2n) is 1.98. The molecular weight excluding hydrogens is 202 g/mol. The number of hydrogen-bond acceptors (Lipinski definition) is 2. The molecule has 1 aromatic rings. The molecule has 0 aliphatic heterocycles. The predicted molar refractivity (Wildman–Crippen MR) is 45.5 cm³/mol. The van der Waals surface area contributed by atoms with Gasteiger partial charge in [-0.3, -0.25) is 0 Å². The third-order valence-electron chi connectivity index (χ3n) is 0.892. The van der Waals surface area contributed by atoms with Gasteiger partial charge in [-0.1, -0.05) is 6.07 Å². The van der Waals surface area contributed by atoms with Crippen molar-refractivity contribution in [3.05, 3.63) is 35.9 Å². The van der Waals surface area contributed by atoms with E-state index in [1.165, 1.54) is 0 Å². The summed E-state index contributed by atoms with van der Waals surface area (Å²) in [5.74, 6) is 0. The fraction of sp³-hybridized carbons (Fsp3) is 0. The standard InChI is InChI=1S/C7H5O.Li.H3O4P/c8-6-7-4-2-1-3-5-7;;1-5(2,3)4/h1-5H;;(H3,1,2,3,4)/q-1;+1;. The number of carbonyl (C=O) groups excluding carboxylic acids is 1. The molecule has 0 spiro atoms. The van der Waals surface area contributed by atoms with Gasteiger partial charge in [-0.2, -0.15) is 17.7 Å². The van der Waals surface area contributed by atoms with Crippen molar-refractivity contribution in [1.82, 2.24) is 0 Å². The molecule has 0 aromatic heterocycles. The molecule has 0 aliphatic carbocycles. The Morgan fingerprint density at radius 1 is 1.07 bits per heavy atom. The van der Waals surface area contributed by atoms with Crippen LogP contribution in [0.3, 0.4) is 0 Å². The van der Waals surface area contributed by atoms with Gasteiger partial charge in [0.1, 0.15) is 0 Å². The summed E-state index contributed by atoms with van der Waals surface area (Å²) in [7, 11) is -4.64. The summed E-state index contributed by atoms with van der Waals surface area (Å²) in [5.41, 5.74) is 0.604. The van der Waals surface area contributed by atoms with Crippen LogP contribution in [0, 0.1) is 0 Å². The van der Waals surface area contributed by atoms with Crippen molar-refractivity contribution in [1.29, 1.82) is 0 Å². The van der Waals surface area contributed by atoms with E-state index in [1.54, 1.807) is 30.6 Å². The van der Waals surface area contributed by atoms with Crippen LogP contribution in [0.5, 0.6) is 0 Å². The minimum Gasteiger partial charge on any atom is -0.376 e. The van der Waals surface area contributed by atoms with E-state index in [0.29, 0.717) is 5.56 Å². The normalized spacial score (nSPS) is 9.07.